The molecule has 0 radical (unpaired) electrons. The lowest BCUT2D eigenvalue weighted by atomic mass is 10.3. The molecule has 0 saturated carbocycles. The predicted octanol–water partition coefficient (Wildman–Crippen LogP) is 3.51. The summed E-state index contributed by atoms with van der Waals surface area (Å²) in [5, 5.41) is 18.8. The third kappa shape index (κ3) is 3.53. The van der Waals surface area contributed by atoms with Gasteiger partial charge < -0.3 is 4.74 Å². The minimum atomic E-state index is -0.550. The number of halogens is 1. The van der Waals surface area contributed by atoms with Crippen molar-refractivity contribution < 1.29 is 18.8 Å². The Bertz CT molecular complexity index is 1030. The van der Waals surface area contributed by atoms with Gasteiger partial charge in [-0.15, -0.1) is 10.2 Å². The highest BCUT2D eigenvalue weighted by molar-refractivity contribution is 5.74. The van der Waals surface area contributed by atoms with Gasteiger partial charge >= 0.3 is 5.97 Å². The Labute approximate surface area is 145 Å². The number of rotatable bonds is 5. The molecule has 1 aromatic carbocycles. The van der Waals surface area contributed by atoms with E-state index in [9.17, 15) is 19.3 Å². The standard InChI is InChI=1S/C16H12FN5O4/c1-26-15(23)8-13-16(21-9-10(17)5-6-14(21)18-13)20-19-11-3-2-4-12(7-11)22(24)25/h2-7,9H,8H2,1H3. The lowest BCUT2D eigenvalue weighted by Crippen LogP contribution is -2.04. The summed E-state index contributed by atoms with van der Waals surface area (Å²) >= 11 is 0. The molecule has 9 nitrogen and oxygen atoms in total. The first-order chi connectivity index (χ1) is 12.5. The van der Waals surface area contributed by atoms with Gasteiger partial charge in [-0.2, -0.15) is 0 Å². The van der Waals surface area contributed by atoms with Crippen molar-refractivity contribution in [2.24, 2.45) is 10.2 Å². The van der Waals surface area contributed by atoms with Crippen LogP contribution in [0.2, 0.25) is 0 Å². The summed E-state index contributed by atoms with van der Waals surface area (Å²) in [5.41, 5.74) is 0.713. The fourth-order valence-electron chi connectivity index (χ4n) is 2.26. The van der Waals surface area contributed by atoms with E-state index in [0.717, 1.165) is 6.20 Å². The summed E-state index contributed by atoms with van der Waals surface area (Å²) in [5.74, 6) is -0.927. The number of nitrogens with zero attached hydrogens (tertiary/aromatic N) is 5. The van der Waals surface area contributed by atoms with Gasteiger partial charge in [-0.25, -0.2) is 9.37 Å². The largest absolute Gasteiger partial charge is 0.469 e. The quantitative estimate of drug-likeness (QED) is 0.300. The van der Waals surface area contributed by atoms with Crippen LogP contribution in [-0.4, -0.2) is 27.4 Å². The third-order valence-corrected chi connectivity index (χ3v) is 3.47. The second-order valence-corrected chi connectivity index (χ2v) is 5.19. The normalized spacial score (nSPS) is 11.2. The monoisotopic (exact) mass is 357 g/mol. The van der Waals surface area contributed by atoms with Crippen LogP contribution in [0.4, 0.5) is 21.6 Å². The Morgan fingerprint density at radius 1 is 1.35 bits per heavy atom. The van der Waals surface area contributed by atoms with E-state index in [1.165, 1.54) is 47.9 Å². The maximum absolute atomic E-state index is 13.6. The van der Waals surface area contributed by atoms with Crippen LogP contribution in [0.1, 0.15) is 5.69 Å². The number of imidazole rings is 1. The maximum atomic E-state index is 13.6. The molecule has 0 aliphatic carbocycles. The Morgan fingerprint density at radius 3 is 2.88 bits per heavy atom. The van der Waals surface area contributed by atoms with Crippen molar-refractivity contribution >= 4 is 28.8 Å². The Kier molecular flexibility index (Phi) is 4.65. The number of carbonyl (C=O) groups excluding carboxylic acids is 1. The molecule has 0 bridgehead atoms. The van der Waals surface area contributed by atoms with E-state index in [4.69, 9.17) is 0 Å². The molecule has 132 valence electrons. The molecule has 0 fully saturated rings. The summed E-state index contributed by atoms with van der Waals surface area (Å²) < 4.78 is 19.5. The molecule has 26 heavy (non-hydrogen) atoms. The van der Waals surface area contributed by atoms with Crippen molar-refractivity contribution in [3.05, 3.63) is 64.2 Å². The second-order valence-electron chi connectivity index (χ2n) is 5.19. The van der Waals surface area contributed by atoms with Crippen LogP contribution in [0.3, 0.4) is 0 Å². The van der Waals surface area contributed by atoms with Crippen LogP contribution in [0.5, 0.6) is 0 Å². The summed E-state index contributed by atoms with van der Waals surface area (Å²) in [6.45, 7) is 0. The fourth-order valence-corrected chi connectivity index (χ4v) is 2.26. The van der Waals surface area contributed by atoms with Crippen molar-refractivity contribution in [2.45, 2.75) is 6.42 Å². The van der Waals surface area contributed by atoms with Gasteiger partial charge in [0.05, 0.1) is 29.8 Å². The third-order valence-electron chi connectivity index (χ3n) is 3.47. The zero-order valence-electron chi connectivity index (χ0n) is 13.5. The van der Waals surface area contributed by atoms with Crippen molar-refractivity contribution in [3.63, 3.8) is 0 Å². The van der Waals surface area contributed by atoms with Crippen LogP contribution in [-0.2, 0) is 16.0 Å². The van der Waals surface area contributed by atoms with Crippen molar-refractivity contribution in [1.29, 1.82) is 0 Å². The number of benzene rings is 1. The number of esters is 1. The van der Waals surface area contributed by atoms with E-state index in [0.29, 0.717) is 5.65 Å². The summed E-state index contributed by atoms with van der Waals surface area (Å²) in [4.78, 5) is 26.1. The van der Waals surface area contributed by atoms with Crippen molar-refractivity contribution in [1.82, 2.24) is 9.38 Å². The smallest absolute Gasteiger partial charge is 0.311 e. The van der Waals surface area contributed by atoms with Crippen LogP contribution in [0.15, 0.2) is 52.8 Å². The van der Waals surface area contributed by atoms with E-state index in [-0.39, 0.29) is 29.3 Å². The van der Waals surface area contributed by atoms with E-state index >= 15 is 0 Å². The average molecular weight is 357 g/mol. The molecule has 0 saturated heterocycles. The number of nitro benzene ring substituents is 1. The number of aromatic nitrogens is 2. The number of azo groups is 1. The van der Waals surface area contributed by atoms with E-state index in [2.05, 4.69) is 19.9 Å². The molecule has 0 aliphatic heterocycles. The fraction of sp³-hybridized carbons (Fsp3) is 0.125. The SMILES string of the molecule is COC(=O)Cc1nc2ccc(F)cn2c1N=Nc1cccc([N+](=O)[O-])c1. The molecule has 0 N–H and O–H groups in total. The van der Waals surface area contributed by atoms with E-state index in [1.54, 1.807) is 0 Å². The summed E-state index contributed by atoms with van der Waals surface area (Å²) in [6.07, 6.45) is 0.980. The van der Waals surface area contributed by atoms with Gasteiger partial charge in [0.1, 0.15) is 11.5 Å². The zero-order chi connectivity index (χ0) is 18.7. The molecular weight excluding hydrogens is 345 g/mol. The van der Waals surface area contributed by atoms with Gasteiger partial charge in [0.25, 0.3) is 5.69 Å². The highest BCUT2D eigenvalue weighted by atomic mass is 19.1. The molecule has 3 rings (SSSR count). The average Bonchev–Trinajstić information content (AvgIpc) is 2.96. The highest BCUT2D eigenvalue weighted by Crippen LogP contribution is 2.26. The number of hydrogen-bond donors (Lipinski definition) is 0. The first-order valence-corrected chi connectivity index (χ1v) is 7.37. The van der Waals surface area contributed by atoms with Gasteiger partial charge in [0.2, 0.25) is 0 Å². The molecule has 3 aromatic rings. The van der Waals surface area contributed by atoms with Gasteiger partial charge in [-0.3, -0.25) is 19.3 Å². The minimum absolute atomic E-state index is 0.136. The molecule has 0 aliphatic rings. The molecular formula is C16H12FN5O4. The van der Waals surface area contributed by atoms with Crippen LogP contribution in [0, 0.1) is 15.9 Å². The number of ether oxygens (including phenoxy) is 1. The highest BCUT2D eigenvalue weighted by Gasteiger charge is 2.16. The zero-order valence-corrected chi connectivity index (χ0v) is 13.5. The lowest BCUT2D eigenvalue weighted by Gasteiger charge is -1.99. The summed E-state index contributed by atoms with van der Waals surface area (Å²) in [6, 6.07) is 8.23. The number of fused-ring (bicyclic) bond motifs is 1. The molecule has 0 atom stereocenters. The predicted molar refractivity (Wildman–Crippen MR) is 88.1 cm³/mol. The summed E-state index contributed by atoms with van der Waals surface area (Å²) in [7, 11) is 1.24. The molecule has 0 amide bonds. The number of hydrogen-bond acceptors (Lipinski definition) is 7. The molecule has 0 spiro atoms. The second kappa shape index (κ2) is 7.05. The van der Waals surface area contributed by atoms with Gasteiger partial charge in [0.15, 0.2) is 5.82 Å². The number of methoxy groups -OCH3 is 1. The Balaban J connectivity index is 2.05. The van der Waals surface area contributed by atoms with Crippen LogP contribution < -0.4 is 0 Å². The van der Waals surface area contributed by atoms with Crippen molar-refractivity contribution in [2.75, 3.05) is 7.11 Å². The topological polar surface area (TPSA) is 111 Å². The minimum Gasteiger partial charge on any atom is -0.469 e. The van der Waals surface area contributed by atoms with E-state index in [1.807, 2.05) is 0 Å². The van der Waals surface area contributed by atoms with Gasteiger partial charge in [-0.05, 0) is 18.2 Å². The van der Waals surface area contributed by atoms with Crippen LogP contribution >= 0.6 is 0 Å². The molecule has 10 heteroatoms. The maximum Gasteiger partial charge on any atom is 0.311 e. The van der Waals surface area contributed by atoms with Crippen molar-refractivity contribution in [3.8, 4) is 0 Å². The Hall–Kier alpha value is -3.69. The number of non-ortho nitro benzene ring substituents is 1. The lowest BCUT2D eigenvalue weighted by molar-refractivity contribution is -0.384. The van der Waals surface area contributed by atoms with Gasteiger partial charge in [-0.1, -0.05) is 6.07 Å². The number of pyridine rings is 1. The van der Waals surface area contributed by atoms with Crippen LogP contribution in [0.25, 0.3) is 5.65 Å². The molecule has 0 unspecified atom stereocenters. The first-order valence-electron chi connectivity index (χ1n) is 7.37. The number of nitro groups is 1. The molecule has 2 aromatic heterocycles. The van der Waals surface area contributed by atoms with Gasteiger partial charge in [0, 0.05) is 18.3 Å². The molecule has 2 heterocycles. The Morgan fingerprint density at radius 2 is 2.15 bits per heavy atom. The first kappa shape index (κ1) is 17.1. The van der Waals surface area contributed by atoms with E-state index < -0.39 is 16.7 Å². The number of carbonyl (C=O) groups is 1.